The molecular weight excluding hydrogens is 250 g/mol. The average molecular weight is 271 g/mol. The third-order valence-corrected chi connectivity index (χ3v) is 3.68. The molecule has 0 bridgehead atoms. The van der Waals surface area contributed by atoms with E-state index in [0.29, 0.717) is 6.04 Å². The van der Waals surface area contributed by atoms with E-state index in [4.69, 9.17) is 4.74 Å². The molecule has 1 aromatic heterocycles. The van der Waals surface area contributed by atoms with Crippen LogP contribution in [0.25, 0.3) is 0 Å². The zero-order valence-corrected chi connectivity index (χ0v) is 11.9. The first kappa shape index (κ1) is 13.2. The van der Waals surface area contributed by atoms with Crippen molar-refractivity contribution < 1.29 is 4.74 Å². The van der Waals surface area contributed by atoms with Crippen LogP contribution in [0.2, 0.25) is 0 Å². The first-order chi connectivity index (χ1) is 9.81. The predicted octanol–water partition coefficient (Wildman–Crippen LogP) is 2.04. The summed E-state index contributed by atoms with van der Waals surface area (Å²) in [6.45, 7) is 4.92. The molecular formula is C16H21N3O. The van der Waals surface area contributed by atoms with Gasteiger partial charge in [-0.3, -0.25) is 4.68 Å². The number of hydrogen-bond donors (Lipinski definition) is 1. The van der Waals surface area contributed by atoms with Crippen LogP contribution in [-0.2, 0) is 19.4 Å². The number of hydrogen-bond acceptors (Lipinski definition) is 3. The molecule has 2 heterocycles. The Hall–Kier alpha value is -1.81. The third-order valence-electron chi connectivity index (χ3n) is 3.68. The van der Waals surface area contributed by atoms with E-state index in [1.165, 1.54) is 11.1 Å². The molecule has 0 fully saturated rings. The van der Waals surface area contributed by atoms with Crippen LogP contribution in [0, 0.1) is 0 Å². The van der Waals surface area contributed by atoms with Crippen molar-refractivity contribution in [3.63, 3.8) is 0 Å². The van der Waals surface area contributed by atoms with Gasteiger partial charge in [-0.1, -0.05) is 12.1 Å². The molecule has 0 aliphatic carbocycles. The highest BCUT2D eigenvalue weighted by Crippen LogP contribution is 2.25. The van der Waals surface area contributed by atoms with Crippen molar-refractivity contribution in [2.75, 3.05) is 13.2 Å². The number of ether oxygens (including phenoxy) is 1. The minimum absolute atomic E-state index is 0.424. The van der Waals surface area contributed by atoms with Crippen molar-refractivity contribution in [2.45, 2.75) is 32.4 Å². The van der Waals surface area contributed by atoms with Crippen molar-refractivity contribution in [2.24, 2.45) is 0 Å². The van der Waals surface area contributed by atoms with E-state index >= 15 is 0 Å². The second-order valence-electron chi connectivity index (χ2n) is 5.37. The molecule has 20 heavy (non-hydrogen) atoms. The Bertz CT molecular complexity index is 551. The lowest BCUT2D eigenvalue weighted by Gasteiger charge is -2.14. The standard InChI is InChI=1S/C16H21N3O/c1-13(12-19-9-2-7-18-19)17-8-5-14-3-4-16-15(11-14)6-10-20-16/h2-4,7,9,11,13,17H,5-6,8,10,12H2,1H3. The highest BCUT2D eigenvalue weighted by Gasteiger charge is 2.11. The molecule has 1 aliphatic rings. The lowest BCUT2D eigenvalue weighted by atomic mass is 10.1. The minimum atomic E-state index is 0.424. The molecule has 1 atom stereocenters. The Morgan fingerprint density at radius 3 is 3.25 bits per heavy atom. The summed E-state index contributed by atoms with van der Waals surface area (Å²) in [5.41, 5.74) is 2.74. The molecule has 1 aliphatic heterocycles. The summed E-state index contributed by atoms with van der Waals surface area (Å²) < 4.78 is 7.49. The van der Waals surface area contributed by atoms with Gasteiger partial charge in [-0.2, -0.15) is 5.10 Å². The van der Waals surface area contributed by atoms with Crippen LogP contribution in [0.3, 0.4) is 0 Å². The van der Waals surface area contributed by atoms with Crippen LogP contribution in [0.15, 0.2) is 36.7 Å². The van der Waals surface area contributed by atoms with Gasteiger partial charge in [0.05, 0.1) is 13.2 Å². The van der Waals surface area contributed by atoms with Crippen molar-refractivity contribution in [3.05, 3.63) is 47.8 Å². The smallest absolute Gasteiger partial charge is 0.122 e. The lowest BCUT2D eigenvalue weighted by Crippen LogP contribution is -2.32. The Morgan fingerprint density at radius 2 is 2.40 bits per heavy atom. The largest absolute Gasteiger partial charge is 0.493 e. The number of benzene rings is 1. The second-order valence-corrected chi connectivity index (χ2v) is 5.37. The van der Waals surface area contributed by atoms with Crippen LogP contribution < -0.4 is 10.1 Å². The van der Waals surface area contributed by atoms with Crippen LogP contribution in [-0.4, -0.2) is 29.0 Å². The maximum Gasteiger partial charge on any atom is 0.122 e. The fourth-order valence-electron chi connectivity index (χ4n) is 2.61. The van der Waals surface area contributed by atoms with Crippen molar-refractivity contribution in [1.29, 1.82) is 0 Å². The monoisotopic (exact) mass is 271 g/mol. The molecule has 0 saturated carbocycles. The normalized spacial score (nSPS) is 14.8. The van der Waals surface area contributed by atoms with Gasteiger partial charge >= 0.3 is 0 Å². The minimum Gasteiger partial charge on any atom is -0.493 e. The summed E-state index contributed by atoms with van der Waals surface area (Å²) in [4.78, 5) is 0. The van der Waals surface area contributed by atoms with E-state index in [2.05, 4.69) is 35.5 Å². The Labute approximate surface area is 119 Å². The number of aromatic nitrogens is 2. The Balaban J connectivity index is 1.45. The zero-order chi connectivity index (χ0) is 13.8. The van der Waals surface area contributed by atoms with E-state index in [0.717, 1.165) is 38.3 Å². The SMILES string of the molecule is CC(Cn1cccn1)NCCc1ccc2c(c1)CCO2. The van der Waals surface area contributed by atoms with Gasteiger partial charge in [-0.05, 0) is 43.1 Å². The summed E-state index contributed by atoms with van der Waals surface area (Å²) in [5, 5.41) is 7.77. The number of fused-ring (bicyclic) bond motifs is 1. The van der Waals surface area contributed by atoms with Crippen molar-refractivity contribution in [3.8, 4) is 5.75 Å². The van der Waals surface area contributed by atoms with Crippen molar-refractivity contribution in [1.82, 2.24) is 15.1 Å². The van der Waals surface area contributed by atoms with E-state index in [1.54, 1.807) is 0 Å². The number of rotatable bonds is 6. The van der Waals surface area contributed by atoms with Gasteiger partial charge in [0, 0.05) is 24.9 Å². The van der Waals surface area contributed by atoms with Crippen LogP contribution in [0.1, 0.15) is 18.1 Å². The zero-order valence-electron chi connectivity index (χ0n) is 11.9. The first-order valence-electron chi connectivity index (χ1n) is 7.27. The van der Waals surface area contributed by atoms with Gasteiger partial charge < -0.3 is 10.1 Å². The molecule has 0 saturated heterocycles. The highest BCUT2D eigenvalue weighted by atomic mass is 16.5. The molecule has 1 aromatic carbocycles. The van der Waals surface area contributed by atoms with E-state index < -0.39 is 0 Å². The second kappa shape index (κ2) is 6.09. The highest BCUT2D eigenvalue weighted by molar-refractivity contribution is 5.39. The molecule has 2 aromatic rings. The Kier molecular flexibility index (Phi) is 4.02. The fraction of sp³-hybridized carbons (Fsp3) is 0.438. The first-order valence-corrected chi connectivity index (χ1v) is 7.27. The van der Waals surface area contributed by atoms with Gasteiger partial charge in [-0.25, -0.2) is 0 Å². The van der Waals surface area contributed by atoms with Gasteiger partial charge in [-0.15, -0.1) is 0 Å². The summed E-state index contributed by atoms with van der Waals surface area (Å²) in [6, 6.07) is 8.93. The van der Waals surface area contributed by atoms with E-state index in [9.17, 15) is 0 Å². The van der Waals surface area contributed by atoms with Gasteiger partial charge in [0.2, 0.25) is 0 Å². The molecule has 4 nitrogen and oxygen atoms in total. The van der Waals surface area contributed by atoms with Crippen molar-refractivity contribution >= 4 is 0 Å². The maximum atomic E-state index is 5.53. The van der Waals surface area contributed by atoms with Crippen LogP contribution in [0.4, 0.5) is 0 Å². The number of nitrogens with zero attached hydrogens (tertiary/aromatic N) is 2. The van der Waals surface area contributed by atoms with Crippen LogP contribution in [0.5, 0.6) is 5.75 Å². The van der Waals surface area contributed by atoms with Crippen LogP contribution >= 0.6 is 0 Å². The topological polar surface area (TPSA) is 39.1 Å². The van der Waals surface area contributed by atoms with Gasteiger partial charge in [0.1, 0.15) is 5.75 Å². The van der Waals surface area contributed by atoms with E-state index in [1.807, 2.05) is 23.1 Å². The lowest BCUT2D eigenvalue weighted by molar-refractivity contribution is 0.357. The fourth-order valence-corrected chi connectivity index (χ4v) is 2.61. The molecule has 0 radical (unpaired) electrons. The summed E-state index contributed by atoms with van der Waals surface area (Å²) in [7, 11) is 0. The van der Waals surface area contributed by atoms with Gasteiger partial charge in [0.15, 0.2) is 0 Å². The van der Waals surface area contributed by atoms with Gasteiger partial charge in [0.25, 0.3) is 0 Å². The molecule has 1 N–H and O–H groups in total. The third kappa shape index (κ3) is 3.20. The van der Waals surface area contributed by atoms with E-state index in [-0.39, 0.29) is 0 Å². The maximum absolute atomic E-state index is 5.53. The molecule has 3 rings (SSSR count). The summed E-state index contributed by atoms with van der Waals surface area (Å²) in [6.07, 6.45) is 5.92. The summed E-state index contributed by atoms with van der Waals surface area (Å²) >= 11 is 0. The summed E-state index contributed by atoms with van der Waals surface area (Å²) in [5.74, 6) is 1.06. The Morgan fingerprint density at radius 1 is 1.45 bits per heavy atom. The average Bonchev–Trinajstić information content (AvgIpc) is 3.09. The molecule has 106 valence electrons. The number of nitrogens with one attached hydrogen (secondary N) is 1. The molecule has 1 unspecified atom stereocenters. The molecule has 0 amide bonds. The predicted molar refractivity (Wildman–Crippen MR) is 79.0 cm³/mol. The molecule has 4 heteroatoms. The molecule has 0 spiro atoms. The quantitative estimate of drug-likeness (QED) is 0.874.